The molecular weight excluding hydrogens is 418 g/mol. The number of carbonyl (C=O) groups excluding carboxylic acids is 2. The highest BCUT2D eigenvalue weighted by Crippen LogP contribution is 2.38. The van der Waals surface area contributed by atoms with Crippen LogP contribution in [0.3, 0.4) is 0 Å². The third-order valence-electron chi connectivity index (χ3n) is 4.57. The fourth-order valence-electron chi connectivity index (χ4n) is 2.99. The molecule has 0 bridgehead atoms. The molecule has 30 heavy (non-hydrogen) atoms. The van der Waals surface area contributed by atoms with E-state index in [1.165, 1.54) is 23.8 Å². The summed E-state index contributed by atoms with van der Waals surface area (Å²) in [5.74, 6) is -0.0529. The number of ether oxygens (including phenoxy) is 2. The first kappa shape index (κ1) is 22.1. The van der Waals surface area contributed by atoms with E-state index in [1.807, 2.05) is 42.5 Å². The number of nitrogens with zero attached hydrogens (tertiary/aromatic N) is 1. The predicted octanol–water partition coefficient (Wildman–Crippen LogP) is 4.98. The van der Waals surface area contributed by atoms with Crippen LogP contribution in [0.2, 0.25) is 0 Å². The molecule has 0 aliphatic carbocycles. The highest BCUT2D eigenvalue weighted by atomic mass is 32.2. The Morgan fingerprint density at radius 3 is 2.50 bits per heavy atom. The predicted molar refractivity (Wildman–Crippen MR) is 123 cm³/mol. The quantitative estimate of drug-likeness (QED) is 0.249. The van der Waals surface area contributed by atoms with Crippen LogP contribution in [0.15, 0.2) is 59.5 Å². The molecule has 1 unspecified atom stereocenters. The topological polar surface area (TPSA) is 55.8 Å². The van der Waals surface area contributed by atoms with Gasteiger partial charge in [-0.05, 0) is 35.8 Å². The van der Waals surface area contributed by atoms with Crippen LogP contribution in [0.4, 0.5) is 0 Å². The summed E-state index contributed by atoms with van der Waals surface area (Å²) < 4.78 is 10.9. The van der Waals surface area contributed by atoms with Gasteiger partial charge in [0.05, 0.1) is 18.6 Å². The van der Waals surface area contributed by atoms with E-state index >= 15 is 0 Å². The van der Waals surface area contributed by atoms with Gasteiger partial charge >= 0.3 is 5.97 Å². The van der Waals surface area contributed by atoms with Crippen LogP contribution in [0.1, 0.15) is 36.9 Å². The summed E-state index contributed by atoms with van der Waals surface area (Å²) >= 11 is 6.61. The van der Waals surface area contributed by atoms with Crippen molar-refractivity contribution in [1.29, 1.82) is 0 Å². The molecule has 7 heteroatoms. The van der Waals surface area contributed by atoms with Gasteiger partial charge < -0.3 is 9.47 Å². The van der Waals surface area contributed by atoms with Gasteiger partial charge in [-0.1, -0.05) is 79.8 Å². The number of thiocarbonyl (C=S) groups is 1. The lowest BCUT2D eigenvalue weighted by Gasteiger charge is -2.24. The minimum absolute atomic E-state index is 0.312. The number of amides is 1. The summed E-state index contributed by atoms with van der Waals surface area (Å²) in [7, 11) is 1.30. The van der Waals surface area contributed by atoms with Gasteiger partial charge in [-0.25, -0.2) is 4.79 Å². The average Bonchev–Trinajstić information content (AvgIpc) is 3.03. The van der Waals surface area contributed by atoms with Crippen LogP contribution in [0.25, 0.3) is 6.08 Å². The molecule has 0 radical (unpaired) electrons. The molecule has 1 aliphatic rings. The smallest absolute Gasteiger partial charge is 0.333 e. The number of unbranched alkanes of at least 4 members (excludes halogenated alkanes) is 1. The minimum atomic E-state index is -0.913. The average molecular weight is 442 g/mol. The highest BCUT2D eigenvalue weighted by Gasteiger charge is 2.41. The molecule has 0 N–H and O–H groups in total. The van der Waals surface area contributed by atoms with Gasteiger partial charge in [-0.15, -0.1) is 0 Å². The number of esters is 1. The molecule has 1 fully saturated rings. The van der Waals surface area contributed by atoms with Crippen LogP contribution >= 0.6 is 24.0 Å². The second-order valence-electron chi connectivity index (χ2n) is 6.66. The highest BCUT2D eigenvalue weighted by molar-refractivity contribution is 8.26. The van der Waals surface area contributed by atoms with Gasteiger partial charge in [-0.2, -0.15) is 0 Å². The summed E-state index contributed by atoms with van der Waals surface area (Å²) in [6.07, 6.45) is 3.86. The van der Waals surface area contributed by atoms with Crippen molar-refractivity contribution in [3.8, 4) is 5.75 Å². The van der Waals surface area contributed by atoms with Crippen molar-refractivity contribution in [3.63, 3.8) is 0 Å². The van der Waals surface area contributed by atoms with Gasteiger partial charge in [0.25, 0.3) is 5.91 Å². The zero-order chi connectivity index (χ0) is 21.5. The standard InChI is InChI=1S/C23H23NO4S2/c1-3-4-14-28-18-12-10-16(11-13-18)15-19-21(25)24(23(29)30-19)20(22(26)27-2)17-8-6-5-7-9-17/h5-13,15,20H,3-4,14H2,1-2H3/b19-15-. The van der Waals surface area contributed by atoms with E-state index in [9.17, 15) is 9.59 Å². The molecule has 156 valence electrons. The number of rotatable bonds is 8. The Bertz CT molecular complexity index is 941. The fourth-order valence-corrected chi connectivity index (χ4v) is 4.30. The Kier molecular flexibility index (Phi) is 7.65. The summed E-state index contributed by atoms with van der Waals surface area (Å²) in [6, 6.07) is 15.6. The minimum Gasteiger partial charge on any atom is -0.494 e. The van der Waals surface area contributed by atoms with Gasteiger partial charge in [0.1, 0.15) is 10.1 Å². The molecule has 0 aromatic heterocycles. The van der Waals surface area contributed by atoms with Crippen LogP contribution < -0.4 is 4.74 Å². The Hall–Kier alpha value is -2.64. The number of thioether (sulfide) groups is 1. The molecule has 1 atom stereocenters. The summed E-state index contributed by atoms with van der Waals surface area (Å²) in [6.45, 7) is 2.80. The third-order valence-corrected chi connectivity index (χ3v) is 5.90. The molecule has 2 aromatic carbocycles. The molecule has 3 rings (SSSR count). The largest absolute Gasteiger partial charge is 0.494 e. The molecule has 0 spiro atoms. The molecule has 1 amide bonds. The van der Waals surface area contributed by atoms with Crippen LogP contribution in [-0.4, -0.2) is 34.8 Å². The van der Waals surface area contributed by atoms with Crippen molar-refractivity contribution in [1.82, 2.24) is 4.90 Å². The van der Waals surface area contributed by atoms with Crippen molar-refractivity contribution in [3.05, 3.63) is 70.6 Å². The first-order chi connectivity index (χ1) is 14.5. The Morgan fingerprint density at radius 1 is 1.17 bits per heavy atom. The molecule has 1 saturated heterocycles. The van der Waals surface area contributed by atoms with Gasteiger partial charge in [0.2, 0.25) is 0 Å². The van der Waals surface area contributed by atoms with Crippen molar-refractivity contribution in [2.75, 3.05) is 13.7 Å². The van der Waals surface area contributed by atoms with Crippen molar-refractivity contribution in [2.45, 2.75) is 25.8 Å². The number of hydrogen-bond acceptors (Lipinski definition) is 6. The van der Waals surface area contributed by atoms with E-state index in [0.717, 1.165) is 24.2 Å². The zero-order valence-electron chi connectivity index (χ0n) is 16.9. The zero-order valence-corrected chi connectivity index (χ0v) is 18.5. The lowest BCUT2D eigenvalue weighted by Crippen LogP contribution is -2.37. The molecule has 0 saturated carbocycles. The molecule has 1 aliphatic heterocycles. The molecule has 2 aromatic rings. The lowest BCUT2D eigenvalue weighted by atomic mass is 10.1. The van der Waals surface area contributed by atoms with Crippen molar-refractivity contribution < 1.29 is 19.1 Å². The van der Waals surface area contributed by atoms with E-state index in [4.69, 9.17) is 21.7 Å². The maximum atomic E-state index is 13.1. The molecule has 5 nitrogen and oxygen atoms in total. The van der Waals surface area contributed by atoms with Crippen LogP contribution in [0, 0.1) is 0 Å². The van der Waals surface area contributed by atoms with Crippen molar-refractivity contribution >= 4 is 46.3 Å². The summed E-state index contributed by atoms with van der Waals surface area (Å²) in [5.41, 5.74) is 1.50. The second kappa shape index (κ2) is 10.4. The molecular formula is C23H23NO4S2. The summed E-state index contributed by atoms with van der Waals surface area (Å²) in [4.78, 5) is 27.4. The number of hydrogen-bond donors (Lipinski definition) is 0. The fraction of sp³-hybridized carbons (Fsp3) is 0.261. The van der Waals surface area contributed by atoms with Gasteiger partial charge in [-0.3, -0.25) is 9.69 Å². The SMILES string of the molecule is CCCCOc1ccc(/C=C2\SC(=S)N(C(C(=O)OC)c3ccccc3)C2=O)cc1. The lowest BCUT2D eigenvalue weighted by molar-refractivity contribution is -0.148. The van der Waals surface area contributed by atoms with Crippen LogP contribution in [0.5, 0.6) is 5.75 Å². The normalized spacial score (nSPS) is 16.1. The van der Waals surface area contributed by atoms with E-state index in [-0.39, 0.29) is 5.91 Å². The van der Waals surface area contributed by atoms with E-state index in [0.29, 0.717) is 21.4 Å². The maximum Gasteiger partial charge on any atom is 0.333 e. The van der Waals surface area contributed by atoms with Gasteiger partial charge in [0, 0.05) is 0 Å². The Balaban J connectivity index is 1.82. The maximum absolute atomic E-state index is 13.1. The monoisotopic (exact) mass is 441 g/mol. The van der Waals surface area contributed by atoms with E-state index in [1.54, 1.807) is 18.2 Å². The third kappa shape index (κ3) is 5.09. The second-order valence-corrected chi connectivity index (χ2v) is 8.33. The number of methoxy groups -OCH3 is 1. The first-order valence-corrected chi connectivity index (χ1v) is 10.9. The Labute approximate surface area is 186 Å². The molecule has 1 heterocycles. The Morgan fingerprint density at radius 2 is 1.87 bits per heavy atom. The van der Waals surface area contributed by atoms with E-state index in [2.05, 4.69) is 6.92 Å². The van der Waals surface area contributed by atoms with E-state index < -0.39 is 12.0 Å². The van der Waals surface area contributed by atoms with Crippen LogP contribution in [-0.2, 0) is 14.3 Å². The van der Waals surface area contributed by atoms with Crippen molar-refractivity contribution in [2.24, 2.45) is 0 Å². The first-order valence-electron chi connectivity index (χ1n) is 9.68. The summed E-state index contributed by atoms with van der Waals surface area (Å²) in [5, 5.41) is 0. The van der Waals surface area contributed by atoms with Gasteiger partial charge in [0.15, 0.2) is 6.04 Å². The number of carbonyl (C=O) groups is 2. The number of benzene rings is 2.